The SMILES string of the molecule is OCC1(CSc2cc(Br)ccc2C(F)(F)F)COC1. The normalized spacial score (nSPS) is 18.2. The zero-order valence-corrected chi connectivity index (χ0v) is 12.2. The van der Waals surface area contributed by atoms with Crippen LogP contribution in [0.2, 0.25) is 0 Å². The van der Waals surface area contributed by atoms with Gasteiger partial charge in [0.05, 0.1) is 25.4 Å². The molecule has 1 fully saturated rings. The van der Waals surface area contributed by atoms with E-state index in [1.54, 1.807) is 0 Å². The zero-order valence-electron chi connectivity index (χ0n) is 9.84. The Morgan fingerprint density at radius 2 is 2.05 bits per heavy atom. The van der Waals surface area contributed by atoms with Crippen molar-refractivity contribution in [1.29, 1.82) is 0 Å². The number of aliphatic hydroxyl groups is 1. The number of alkyl halides is 3. The molecule has 106 valence electrons. The van der Waals surface area contributed by atoms with Crippen molar-refractivity contribution in [1.82, 2.24) is 0 Å². The van der Waals surface area contributed by atoms with Crippen LogP contribution in [0.15, 0.2) is 27.6 Å². The summed E-state index contributed by atoms with van der Waals surface area (Å²) < 4.78 is 44.3. The van der Waals surface area contributed by atoms with E-state index in [0.717, 1.165) is 17.8 Å². The van der Waals surface area contributed by atoms with E-state index in [4.69, 9.17) is 4.74 Å². The quantitative estimate of drug-likeness (QED) is 0.836. The number of aliphatic hydroxyl groups excluding tert-OH is 1. The average molecular weight is 357 g/mol. The molecule has 0 aromatic heterocycles. The van der Waals surface area contributed by atoms with Crippen molar-refractivity contribution in [2.24, 2.45) is 5.41 Å². The lowest BCUT2D eigenvalue weighted by atomic mass is 9.90. The standard InChI is InChI=1S/C12H12BrF3O2S/c13-8-1-2-9(12(14,15)16)10(3-8)19-7-11(4-17)5-18-6-11/h1-3,17H,4-7H2. The Kier molecular flexibility index (Phi) is 4.49. The first-order chi connectivity index (χ1) is 8.86. The van der Waals surface area contributed by atoms with Crippen molar-refractivity contribution in [3.63, 3.8) is 0 Å². The highest BCUT2D eigenvalue weighted by molar-refractivity contribution is 9.10. The molecule has 19 heavy (non-hydrogen) atoms. The summed E-state index contributed by atoms with van der Waals surface area (Å²) in [4.78, 5) is 0.168. The molecule has 7 heteroatoms. The minimum Gasteiger partial charge on any atom is -0.396 e. The maximum Gasteiger partial charge on any atom is 0.417 e. The second-order valence-electron chi connectivity index (χ2n) is 4.58. The topological polar surface area (TPSA) is 29.5 Å². The predicted octanol–water partition coefficient (Wildman–Crippen LogP) is 3.57. The second-order valence-corrected chi connectivity index (χ2v) is 6.51. The van der Waals surface area contributed by atoms with Crippen LogP contribution in [0.1, 0.15) is 5.56 Å². The number of hydrogen-bond acceptors (Lipinski definition) is 3. The summed E-state index contributed by atoms with van der Waals surface area (Å²) in [7, 11) is 0. The van der Waals surface area contributed by atoms with Gasteiger partial charge in [-0.25, -0.2) is 0 Å². The molecule has 1 aromatic rings. The van der Waals surface area contributed by atoms with Crippen LogP contribution in [0.3, 0.4) is 0 Å². The summed E-state index contributed by atoms with van der Waals surface area (Å²) >= 11 is 4.28. The Hall–Kier alpha value is -0.240. The second kappa shape index (κ2) is 5.63. The van der Waals surface area contributed by atoms with Crippen LogP contribution < -0.4 is 0 Å². The van der Waals surface area contributed by atoms with Gasteiger partial charge in [-0.3, -0.25) is 0 Å². The van der Waals surface area contributed by atoms with E-state index in [0.29, 0.717) is 23.4 Å². The van der Waals surface area contributed by atoms with Crippen molar-refractivity contribution < 1.29 is 23.0 Å². The molecule has 1 N–H and O–H groups in total. The van der Waals surface area contributed by atoms with Gasteiger partial charge in [-0.05, 0) is 18.2 Å². The van der Waals surface area contributed by atoms with Gasteiger partial charge in [0.15, 0.2) is 0 Å². The Morgan fingerprint density at radius 3 is 2.53 bits per heavy atom. The maximum absolute atomic E-state index is 12.9. The van der Waals surface area contributed by atoms with E-state index in [1.165, 1.54) is 12.1 Å². The van der Waals surface area contributed by atoms with Gasteiger partial charge in [-0.2, -0.15) is 13.2 Å². The highest BCUT2D eigenvalue weighted by Gasteiger charge is 2.39. The Balaban J connectivity index is 2.17. The number of benzene rings is 1. The average Bonchev–Trinajstić information content (AvgIpc) is 2.26. The van der Waals surface area contributed by atoms with E-state index >= 15 is 0 Å². The van der Waals surface area contributed by atoms with Crippen LogP contribution in [-0.2, 0) is 10.9 Å². The van der Waals surface area contributed by atoms with Crippen molar-refractivity contribution in [3.05, 3.63) is 28.2 Å². The monoisotopic (exact) mass is 356 g/mol. The zero-order chi connectivity index (χ0) is 14.1. The molecule has 0 spiro atoms. The third kappa shape index (κ3) is 3.45. The van der Waals surface area contributed by atoms with Gasteiger partial charge < -0.3 is 9.84 Å². The summed E-state index contributed by atoms with van der Waals surface area (Å²) in [6.07, 6.45) is -4.37. The predicted molar refractivity (Wildman–Crippen MR) is 70.2 cm³/mol. The third-order valence-electron chi connectivity index (χ3n) is 2.93. The molecular weight excluding hydrogens is 345 g/mol. The van der Waals surface area contributed by atoms with Gasteiger partial charge in [0.2, 0.25) is 0 Å². The molecule has 0 unspecified atom stereocenters. The minimum atomic E-state index is -4.37. The molecule has 1 aliphatic heterocycles. The van der Waals surface area contributed by atoms with Crippen molar-refractivity contribution >= 4 is 27.7 Å². The van der Waals surface area contributed by atoms with Gasteiger partial charge in [0.1, 0.15) is 0 Å². The van der Waals surface area contributed by atoms with Crippen LogP contribution >= 0.6 is 27.7 Å². The van der Waals surface area contributed by atoms with E-state index in [1.807, 2.05) is 0 Å². The van der Waals surface area contributed by atoms with Crippen LogP contribution in [-0.4, -0.2) is 30.7 Å². The maximum atomic E-state index is 12.9. The number of rotatable bonds is 4. The fourth-order valence-electron chi connectivity index (χ4n) is 1.69. The first-order valence-electron chi connectivity index (χ1n) is 5.54. The lowest BCUT2D eigenvalue weighted by molar-refractivity contribution is -0.139. The molecule has 0 atom stereocenters. The molecule has 1 aliphatic rings. The van der Waals surface area contributed by atoms with Crippen LogP contribution in [0.5, 0.6) is 0 Å². The van der Waals surface area contributed by atoms with E-state index in [2.05, 4.69) is 15.9 Å². The molecule has 0 amide bonds. The van der Waals surface area contributed by atoms with E-state index in [9.17, 15) is 18.3 Å². The number of halogens is 4. The number of ether oxygens (including phenoxy) is 1. The fraction of sp³-hybridized carbons (Fsp3) is 0.500. The lowest BCUT2D eigenvalue weighted by Gasteiger charge is -2.39. The molecule has 0 aliphatic carbocycles. The molecule has 1 saturated heterocycles. The Labute approximate surface area is 121 Å². The third-order valence-corrected chi connectivity index (χ3v) is 4.83. The van der Waals surface area contributed by atoms with E-state index < -0.39 is 17.2 Å². The van der Waals surface area contributed by atoms with Crippen molar-refractivity contribution in [2.45, 2.75) is 11.1 Å². The largest absolute Gasteiger partial charge is 0.417 e. The van der Waals surface area contributed by atoms with Gasteiger partial charge in [0.25, 0.3) is 0 Å². The van der Waals surface area contributed by atoms with Gasteiger partial charge in [-0.15, -0.1) is 11.8 Å². The Morgan fingerprint density at radius 1 is 1.37 bits per heavy atom. The molecule has 2 nitrogen and oxygen atoms in total. The summed E-state index contributed by atoms with van der Waals surface area (Å²) in [6, 6.07) is 3.90. The molecule has 0 bridgehead atoms. The summed E-state index contributed by atoms with van der Waals surface area (Å²) in [5.41, 5.74) is -1.05. The summed E-state index contributed by atoms with van der Waals surface area (Å²) in [6.45, 7) is 0.715. The van der Waals surface area contributed by atoms with E-state index in [-0.39, 0.29) is 11.5 Å². The minimum absolute atomic E-state index is 0.0741. The molecule has 1 heterocycles. The lowest BCUT2D eigenvalue weighted by Crippen LogP contribution is -2.47. The van der Waals surface area contributed by atoms with Gasteiger partial charge in [0, 0.05) is 20.5 Å². The Bertz CT molecular complexity index is 455. The number of hydrogen-bond donors (Lipinski definition) is 1. The van der Waals surface area contributed by atoms with Crippen LogP contribution in [0.4, 0.5) is 13.2 Å². The molecule has 2 rings (SSSR count). The highest BCUT2D eigenvalue weighted by Crippen LogP contribution is 2.41. The molecule has 0 saturated carbocycles. The fourth-order valence-corrected chi connectivity index (χ4v) is 3.47. The van der Waals surface area contributed by atoms with Crippen molar-refractivity contribution in [2.75, 3.05) is 25.6 Å². The first-order valence-corrected chi connectivity index (χ1v) is 7.32. The summed E-state index contributed by atoms with van der Waals surface area (Å²) in [5.74, 6) is 0.406. The van der Waals surface area contributed by atoms with Crippen LogP contribution in [0, 0.1) is 5.41 Å². The smallest absolute Gasteiger partial charge is 0.396 e. The van der Waals surface area contributed by atoms with Gasteiger partial charge >= 0.3 is 6.18 Å². The number of thioether (sulfide) groups is 1. The first kappa shape index (κ1) is 15.2. The summed E-state index contributed by atoms with van der Waals surface area (Å²) in [5, 5.41) is 9.27. The van der Waals surface area contributed by atoms with Crippen LogP contribution in [0.25, 0.3) is 0 Å². The van der Waals surface area contributed by atoms with Crippen molar-refractivity contribution in [3.8, 4) is 0 Å². The molecule has 0 radical (unpaired) electrons. The van der Waals surface area contributed by atoms with Gasteiger partial charge in [-0.1, -0.05) is 15.9 Å². The molecule has 1 aromatic carbocycles. The molecular formula is C12H12BrF3O2S. The highest BCUT2D eigenvalue weighted by atomic mass is 79.9.